The monoisotopic (exact) mass is 277 g/mol. The zero-order chi connectivity index (χ0) is 13.7. The van der Waals surface area contributed by atoms with Crippen molar-refractivity contribution in [1.82, 2.24) is 4.98 Å². The summed E-state index contributed by atoms with van der Waals surface area (Å²) in [5, 5.41) is 2.51. The van der Waals surface area contributed by atoms with Crippen LogP contribution in [0.4, 0.5) is 15.8 Å². The first-order valence-corrected chi connectivity index (χ1v) is 6.52. The maximum absolute atomic E-state index is 13.3. The fourth-order valence-electron chi connectivity index (χ4n) is 1.42. The van der Waals surface area contributed by atoms with Gasteiger partial charge in [0.1, 0.15) is 5.82 Å². The van der Waals surface area contributed by atoms with Gasteiger partial charge in [0.05, 0.1) is 23.3 Å². The summed E-state index contributed by atoms with van der Waals surface area (Å²) in [6.45, 7) is 0. The molecule has 0 unspecified atom stereocenters. The number of halogens is 1. The van der Waals surface area contributed by atoms with Crippen LogP contribution in [0, 0.1) is 5.82 Å². The van der Waals surface area contributed by atoms with Gasteiger partial charge in [0.25, 0.3) is 0 Å². The summed E-state index contributed by atoms with van der Waals surface area (Å²) < 4.78 is 13.3. The van der Waals surface area contributed by atoms with E-state index >= 15 is 0 Å². The predicted octanol–water partition coefficient (Wildman–Crippen LogP) is 2.53. The van der Waals surface area contributed by atoms with E-state index in [1.165, 1.54) is 30.1 Å². The maximum Gasteiger partial charge on any atom is 0.234 e. The van der Waals surface area contributed by atoms with E-state index in [0.29, 0.717) is 5.69 Å². The number of hydrogen-bond acceptors (Lipinski definition) is 4. The third kappa shape index (κ3) is 3.69. The Balaban J connectivity index is 1.92. The fraction of sp³-hybridized carbons (Fsp3) is 0.0769. The molecule has 2 aromatic rings. The Morgan fingerprint density at radius 1 is 1.37 bits per heavy atom. The second kappa shape index (κ2) is 6.19. The molecule has 0 aliphatic carbocycles. The van der Waals surface area contributed by atoms with Gasteiger partial charge in [0.15, 0.2) is 0 Å². The second-order valence-corrected chi connectivity index (χ2v) is 4.75. The molecule has 0 saturated carbocycles. The average molecular weight is 277 g/mol. The molecule has 1 aromatic carbocycles. The zero-order valence-corrected chi connectivity index (χ0v) is 10.8. The Morgan fingerprint density at radius 3 is 2.89 bits per heavy atom. The van der Waals surface area contributed by atoms with Gasteiger partial charge in [-0.3, -0.25) is 9.78 Å². The van der Waals surface area contributed by atoms with E-state index in [0.717, 1.165) is 4.90 Å². The Bertz CT molecular complexity index is 592. The molecule has 0 bridgehead atoms. The number of para-hydroxylation sites is 1. The van der Waals surface area contributed by atoms with Crippen molar-refractivity contribution in [2.75, 3.05) is 16.8 Å². The van der Waals surface area contributed by atoms with E-state index in [4.69, 9.17) is 5.73 Å². The van der Waals surface area contributed by atoms with E-state index in [9.17, 15) is 9.18 Å². The van der Waals surface area contributed by atoms with E-state index < -0.39 is 5.82 Å². The third-order valence-corrected chi connectivity index (χ3v) is 3.41. The van der Waals surface area contributed by atoms with Gasteiger partial charge in [-0.05, 0) is 18.2 Å². The number of nitrogen functional groups attached to an aromatic ring is 1. The quantitative estimate of drug-likeness (QED) is 0.843. The summed E-state index contributed by atoms with van der Waals surface area (Å²) in [6.07, 6.45) is 3.13. The topological polar surface area (TPSA) is 68.0 Å². The SMILES string of the molecule is Nc1cnccc1SCC(=O)Nc1ccccc1F. The molecule has 1 heterocycles. The number of amides is 1. The predicted molar refractivity (Wildman–Crippen MR) is 74.4 cm³/mol. The van der Waals surface area contributed by atoms with Crippen LogP contribution in [0.15, 0.2) is 47.6 Å². The number of pyridine rings is 1. The van der Waals surface area contributed by atoms with Crippen LogP contribution in [-0.4, -0.2) is 16.6 Å². The lowest BCUT2D eigenvalue weighted by atomic mass is 10.3. The summed E-state index contributed by atoms with van der Waals surface area (Å²) in [7, 11) is 0. The van der Waals surface area contributed by atoms with Crippen molar-refractivity contribution >= 4 is 29.0 Å². The van der Waals surface area contributed by atoms with Crippen LogP contribution in [-0.2, 0) is 4.79 Å². The van der Waals surface area contributed by atoms with Crippen molar-refractivity contribution in [2.45, 2.75) is 4.90 Å². The minimum Gasteiger partial charge on any atom is -0.397 e. The first kappa shape index (κ1) is 13.4. The number of anilines is 2. The largest absolute Gasteiger partial charge is 0.397 e. The van der Waals surface area contributed by atoms with Gasteiger partial charge in [-0.25, -0.2) is 4.39 Å². The van der Waals surface area contributed by atoms with Gasteiger partial charge in [-0.1, -0.05) is 12.1 Å². The molecule has 1 amide bonds. The van der Waals surface area contributed by atoms with Gasteiger partial charge in [0.2, 0.25) is 5.91 Å². The number of nitrogens with zero attached hydrogens (tertiary/aromatic N) is 1. The summed E-state index contributed by atoms with van der Waals surface area (Å²) in [6, 6.07) is 7.77. The van der Waals surface area contributed by atoms with Gasteiger partial charge in [-0.2, -0.15) is 0 Å². The highest BCUT2D eigenvalue weighted by Gasteiger charge is 2.08. The first-order chi connectivity index (χ1) is 9.16. The fourth-order valence-corrected chi connectivity index (χ4v) is 2.15. The molecular formula is C13H12FN3OS. The highest BCUT2D eigenvalue weighted by Crippen LogP contribution is 2.23. The van der Waals surface area contributed by atoms with Crippen LogP contribution in [0.2, 0.25) is 0 Å². The summed E-state index contributed by atoms with van der Waals surface area (Å²) in [5.41, 5.74) is 6.40. The number of hydrogen-bond donors (Lipinski definition) is 2. The van der Waals surface area contributed by atoms with Crippen LogP contribution in [0.1, 0.15) is 0 Å². The maximum atomic E-state index is 13.3. The van der Waals surface area contributed by atoms with E-state index in [2.05, 4.69) is 10.3 Å². The Hall–Kier alpha value is -2.08. The van der Waals surface area contributed by atoms with Gasteiger partial charge < -0.3 is 11.1 Å². The zero-order valence-electron chi connectivity index (χ0n) is 9.97. The molecule has 3 N–H and O–H groups in total. The number of rotatable bonds is 4. The Kier molecular flexibility index (Phi) is 4.35. The number of benzene rings is 1. The van der Waals surface area contributed by atoms with Crippen LogP contribution >= 0.6 is 11.8 Å². The molecule has 1 aromatic heterocycles. The van der Waals surface area contributed by atoms with E-state index in [1.807, 2.05) is 0 Å². The molecule has 0 fully saturated rings. The van der Waals surface area contributed by atoms with Crippen molar-refractivity contribution in [3.8, 4) is 0 Å². The Labute approximate surface area is 114 Å². The lowest BCUT2D eigenvalue weighted by Gasteiger charge is -2.07. The summed E-state index contributed by atoms with van der Waals surface area (Å²) in [5.74, 6) is -0.585. The van der Waals surface area contributed by atoms with E-state index in [-0.39, 0.29) is 17.3 Å². The minimum absolute atomic E-state index is 0.155. The second-order valence-electron chi connectivity index (χ2n) is 3.73. The van der Waals surface area contributed by atoms with Crippen molar-refractivity contribution in [3.05, 3.63) is 48.5 Å². The van der Waals surface area contributed by atoms with Crippen molar-refractivity contribution in [1.29, 1.82) is 0 Å². The molecule has 6 heteroatoms. The highest BCUT2D eigenvalue weighted by molar-refractivity contribution is 8.00. The van der Waals surface area contributed by atoms with Gasteiger partial charge >= 0.3 is 0 Å². The lowest BCUT2D eigenvalue weighted by molar-refractivity contribution is -0.113. The molecule has 19 heavy (non-hydrogen) atoms. The van der Waals surface area contributed by atoms with Crippen molar-refractivity contribution in [3.63, 3.8) is 0 Å². The van der Waals surface area contributed by atoms with Crippen molar-refractivity contribution < 1.29 is 9.18 Å². The van der Waals surface area contributed by atoms with Gasteiger partial charge in [0, 0.05) is 11.1 Å². The van der Waals surface area contributed by atoms with Crippen molar-refractivity contribution in [2.24, 2.45) is 0 Å². The molecular weight excluding hydrogens is 265 g/mol. The normalized spacial score (nSPS) is 10.2. The number of nitrogens with two attached hydrogens (primary N) is 1. The molecule has 2 rings (SSSR count). The average Bonchev–Trinajstić information content (AvgIpc) is 2.40. The first-order valence-electron chi connectivity index (χ1n) is 5.53. The lowest BCUT2D eigenvalue weighted by Crippen LogP contribution is -2.15. The molecule has 0 aliphatic heterocycles. The number of nitrogens with one attached hydrogen (secondary N) is 1. The Morgan fingerprint density at radius 2 is 2.16 bits per heavy atom. The number of thioether (sulfide) groups is 1. The highest BCUT2D eigenvalue weighted by atomic mass is 32.2. The van der Waals surface area contributed by atoms with Crippen LogP contribution in [0.3, 0.4) is 0 Å². The molecule has 0 aliphatic rings. The van der Waals surface area contributed by atoms with Crippen LogP contribution in [0.25, 0.3) is 0 Å². The molecule has 98 valence electrons. The molecule has 0 radical (unpaired) electrons. The molecule has 0 spiro atoms. The number of carbonyl (C=O) groups excluding carboxylic acids is 1. The smallest absolute Gasteiger partial charge is 0.234 e. The summed E-state index contributed by atoms with van der Waals surface area (Å²) in [4.78, 5) is 16.3. The van der Waals surface area contributed by atoms with Gasteiger partial charge in [-0.15, -0.1) is 11.8 Å². The number of aromatic nitrogens is 1. The minimum atomic E-state index is -0.454. The van der Waals surface area contributed by atoms with E-state index in [1.54, 1.807) is 24.4 Å². The molecule has 0 saturated heterocycles. The van der Waals surface area contributed by atoms with Crippen LogP contribution < -0.4 is 11.1 Å². The summed E-state index contributed by atoms with van der Waals surface area (Å²) >= 11 is 1.28. The third-order valence-electron chi connectivity index (χ3n) is 2.32. The van der Waals surface area contributed by atoms with Crippen LogP contribution in [0.5, 0.6) is 0 Å². The molecule has 4 nitrogen and oxygen atoms in total. The molecule has 0 atom stereocenters. The number of carbonyl (C=O) groups is 1. The standard InChI is InChI=1S/C13H12FN3OS/c14-9-3-1-2-4-11(9)17-13(18)8-19-12-5-6-16-7-10(12)15/h1-7H,8,15H2,(H,17,18).